The van der Waals surface area contributed by atoms with Crippen LogP contribution in [0.2, 0.25) is 0 Å². The molecule has 6 heteroatoms. The normalized spacial score (nSPS) is 10.4. The Morgan fingerprint density at radius 2 is 1.69 bits per heavy atom. The lowest BCUT2D eigenvalue weighted by atomic mass is 9.98. The highest BCUT2D eigenvalue weighted by atomic mass is 19.3. The number of Topliss-reactive ketones (excluding diaryl/α,β-unsaturated/α-hetero) is 2. The molecule has 0 atom stereocenters. The number of nitrogens with zero attached hydrogens (tertiary/aromatic N) is 1. The summed E-state index contributed by atoms with van der Waals surface area (Å²) < 4.78 is 28.5. The number of rotatable bonds is 9. The first-order valence-electron chi connectivity index (χ1n) is 8.11. The van der Waals surface area contributed by atoms with Gasteiger partial charge in [0.05, 0.1) is 6.07 Å². The monoisotopic (exact) mass is 357 g/mol. The van der Waals surface area contributed by atoms with E-state index in [4.69, 9.17) is 5.26 Å². The third kappa shape index (κ3) is 5.49. The Bertz CT molecular complexity index is 811. The van der Waals surface area contributed by atoms with Crippen LogP contribution < -0.4 is 4.74 Å². The maximum Gasteiger partial charge on any atom is 0.387 e. The molecule has 0 unspecified atom stereocenters. The summed E-state index contributed by atoms with van der Waals surface area (Å²) >= 11 is 0. The predicted octanol–water partition coefficient (Wildman–Crippen LogP) is 4.59. The van der Waals surface area contributed by atoms with Crippen LogP contribution in [0, 0.1) is 11.3 Å². The van der Waals surface area contributed by atoms with Crippen molar-refractivity contribution in [2.75, 3.05) is 0 Å². The van der Waals surface area contributed by atoms with E-state index in [1.165, 1.54) is 24.3 Å². The van der Waals surface area contributed by atoms with Gasteiger partial charge in [-0.1, -0.05) is 18.2 Å². The lowest BCUT2D eigenvalue weighted by Crippen LogP contribution is -2.14. The molecule has 2 aromatic carbocycles. The van der Waals surface area contributed by atoms with Crippen molar-refractivity contribution in [3.05, 3.63) is 65.2 Å². The standard InChI is InChI=1S/C20H17F2NO3/c21-20(22)26-17-10-8-15(9-11-17)18(24)19(25)16-7-4-6-14(13-16)5-2-1-3-12-23/h4,6-11,13,20H,1-3,5H2. The first-order valence-corrected chi connectivity index (χ1v) is 8.11. The molecular formula is C20H17F2NO3. The van der Waals surface area contributed by atoms with Gasteiger partial charge in [0.1, 0.15) is 5.75 Å². The molecule has 0 N–H and O–H groups in total. The molecule has 0 heterocycles. The summed E-state index contributed by atoms with van der Waals surface area (Å²) in [4.78, 5) is 24.7. The van der Waals surface area contributed by atoms with E-state index in [1.807, 2.05) is 6.07 Å². The zero-order valence-corrected chi connectivity index (χ0v) is 14.0. The number of halogens is 2. The minimum Gasteiger partial charge on any atom is -0.435 e. The number of unbranched alkanes of at least 4 members (excludes halogenated alkanes) is 2. The first-order chi connectivity index (χ1) is 12.5. The molecule has 0 aromatic heterocycles. The number of benzene rings is 2. The van der Waals surface area contributed by atoms with Gasteiger partial charge in [-0.05, 0) is 55.2 Å². The van der Waals surface area contributed by atoms with Crippen molar-refractivity contribution in [1.29, 1.82) is 5.26 Å². The third-order valence-corrected chi connectivity index (χ3v) is 3.74. The van der Waals surface area contributed by atoms with Crippen LogP contribution in [0.5, 0.6) is 5.75 Å². The molecule has 0 radical (unpaired) electrons. The van der Waals surface area contributed by atoms with Gasteiger partial charge in [0.15, 0.2) is 0 Å². The number of nitriles is 1. The molecule has 0 saturated heterocycles. The zero-order valence-electron chi connectivity index (χ0n) is 14.0. The minimum absolute atomic E-state index is 0.0802. The Morgan fingerprint density at radius 3 is 2.35 bits per heavy atom. The molecule has 0 aliphatic rings. The largest absolute Gasteiger partial charge is 0.435 e. The van der Waals surface area contributed by atoms with Crippen molar-refractivity contribution in [1.82, 2.24) is 0 Å². The molecule has 0 spiro atoms. The Hall–Kier alpha value is -3.07. The number of aryl methyl sites for hydroxylation is 1. The van der Waals surface area contributed by atoms with E-state index in [1.54, 1.807) is 18.2 Å². The zero-order chi connectivity index (χ0) is 18.9. The van der Waals surface area contributed by atoms with E-state index >= 15 is 0 Å². The van der Waals surface area contributed by atoms with Crippen LogP contribution in [0.25, 0.3) is 0 Å². The summed E-state index contributed by atoms with van der Waals surface area (Å²) in [5.41, 5.74) is 1.30. The van der Waals surface area contributed by atoms with Crippen molar-refractivity contribution >= 4 is 11.6 Å². The summed E-state index contributed by atoms with van der Waals surface area (Å²) in [6.07, 6.45) is 2.81. The second kappa shape index (κ2) is 9.42. The smallest absolute Gasteiger partial charge is 0.387 e. The molecule has 134 valence electrons. The molecular weight excluding hydrogens is 340 g/mol. The van der Waals surface area contributed by atoms with E-state index in [0.29, 0.717) is 6.42 Å². The topological polar surface area (TPSA) is 67.2 Å². The predicted molar refractivity (Wildman–Crippen MR) is 91.3 cm³/mol. The number of hydrogen-bond acceptors (Lipinski definition) is 4. The molecule has 0 bridgehead atoms. The summed E-state index contributed by atoms with van der Waals surface area (Å²) in [6, 6.07) is 13.9. The van der Waals surface area contributed by atoms with Gasteiger partial charge in [-0.3, -0.25) is 9.59 Å². The van der Waals surface area contributed by atoms with Crippen LogP contribution in [0.4, 0.5) is 8.78 Å². The van der Waals surface area contributed by atoms with Gasteiger partial charge in [0.2, 0.25) is 11.6 Å². The average molecular weight is 357 g/mol. The minimum atomic E-state index is -2.95. The fourth-order valence-corrected chi connectivity index (χ4v) is 2.45. The molecule has 2 aromatic rings. The fraction of sp³-hybridized carbons (Fsp3) is 0.250. The number of hydrogen-bond donors (Lipinski definition) is 0. The van der Waals surface area contributed by atoms with Crippen LogP contribution in [0.15, 0.2) is 48.5 Å². The molecule has 0 saturated carbocycles. The Morgan fingerprint density at radius 1 is 1.00 bits per heavy atom. The van der Waals surface area contributed by atoms with Gasteiger partial charge < -0.3 is 4.74 Å². The lowest BCUT2D eigenvalue weighted by molar-refractivity contribution is -0.0498. The Balaban J connectivity index is 2.05. The first kappa shape index (κ1) is 19.3. The van der Waals surface area contributed by atoms with Crippen molar-refractivity contribution in [2.24, 2.45) is 0 Å². The third-order valence-electron chi connectivity index (χ3n) is 3.74. The van der Waals surface area contributed by atoms with Crippen LogP contribution in [-0.4, -0.2) is 18.2 Å². The maximum atomic E-state index is 12.4. The van der Waals surface area contributed by atoms with Gasteiger partial charge in [-0.2, -0.15) is 14.0 Å². The molecule has 0 amide bonds. The van der Waals surface area contributed by atoms with Crippen LogP contribution >= 0.6 is 0 Å². The van der Waals surface area contributed by atoms with Gasteiger partial charge in [0.25, 0.3) is 0 Å². The van der Waals surface area contributed by atoms with E-state index in [9.17, 15) is 18.4 Å². The Kier molecular flexibility index (Phi) is 6.98. The molecule has 0 aliphatic heterocycles. The molecule has 0 aliphatic carbocycles. The number of ketones is 2. The van der Waals surface area contributed by atoms with Gasteiger partial charge >= 0.3 is 6.61 Å². The Labute approximate surface area is 150 Å². The highest BCUT2D eigenvalue weighted by Crippen LogP contribution is 2.17. The van der Waals surface area contributed by atoms with E-state index in [2.05, 4.69) is 10.8 Å². The van der Waals surface area contributed by atoms with E-state index in [-0.39, 0.29) is 16.9 Å². The second-order valence-electron chi connectivity index (χ2n) is 5.63. The van der Waals surface area contributed by atoms with Crippen LogP contribution in [0.3, 0.4) is 0 Å². The van der Waals surface area contributed by atoms with Crippen LogP contribution in [-0.2, 0) is 6.42 Å². The summed E-state index contributed by atoms with van der Waals surface area (Å²) in [7, 11) is 0. The summed E-state index contributed by atoms with van der Waals surface area (Å²) in [5, 5.41) is 8.53. The molecule has 0 fully saturated rings. The summed E-state index contributed by atoms with van der Waals surface area (Å²) in [6.45, 7) is -2.95. The molecule has 4 nitrogen and oxygen atoms in total. The number of ether oxygens (including phenoxy) is 1. The van der Waals surface area contributed by atoms with Crippen molar-refractivity contribution in [3.8, 4) is 11.8 Å². The lowest BCUT2D eigenvalue weighted by Gasteiger charge is -2.06. The summed E-state index contributed by atoms with van der Waals surface area (Å²) in [5.74, 6) is -1.45. The SMILES string of the molecule is N#CCCCCc1cccc(C(=O)C(=O)c2ccc(OC(F)F)cc2)c1. The van der Waals surface area contributed by atoms with Crippen molar-refractivity contribution < 1.29 is 23.1 Å². The second-order valence-corrected chi connectivity index (χ2v) is 5.63. The van der Waals surface area contributed by atoms with Gasteiger partial charge in [-0.15, -0.1) is 0 Å². The maximum absolute atomic E-state index is 12.4. The van der Waals surface area contributed by atoms with E-state index < -0.39 is 18.2 Å². The van der Waals surface area contributed by atoms with Gasteiger partial charge in [0, 0.05) is 17.5 Å². The number of alkyl halides is 2. The average Bonchev–Trinajstić information content (AvgIpc) is 2.64. The number of carbonyl (C=O) groups excluding carboxylic acids is 2. The van der Waals surface area contributed by atoms with Crippen LogP contribution in [0.1, 0.15) is 45.5 Å². The highest BCUT2D eigenvalue weighted by molar-refractivity contribution is 6.49. The quantitative estimate of drug-likeness (QED) is 0.374. The van der Waals surface area contributed by atoms with E-state index in [0.717, 1.165) is 24.8 Å². The van der Waals surface area contributed by atoms with Crippen molar-refractivity contribution in [2.45, 2.75) is 32.3 Å². The molecule has 26 heavy (non-hydrogen) atoms. The highest BCUT2D eigenvalue weighted by Gasteiger charge is 2.19. The van der Waals surface area contributed by atoms with Crippen molar-refractivity contribution in [3.63, 3.8) is 0 Å². The molecule has 2 rings (SSSR count). The fourth-order valence-electron chi connectivity index (χ4n) is 2.45. The van der Waals surface area contributed by atoms with Gasteiger partial charge in [-0.25, -0.2) is 0 Å². The number of carbonyl (C=O) groups is 2.